The minimum absolute atomic E-state index is 0.0208. The fraction of sp³-hybridized carbons (Fsp3) is 0.375. The van der Waals surface area contributed by atoms with Gasteiger partial charge in [0.1, 0.15) is 6.11 Å². The fourth-order valence-corrected chi connectivity index (χ4v) is 0.336. The maximum absolute atomic E-state index is 11.5. The summed E-state index contributed by atoms with van der Waals surface area (Å²) in [6.45, 7) is -0.559. The van der Waals surface area contributed by atoms with Crippen molar-refractivity contribution in [2.45, 2.75) is 6.42 Å². The summed E-state index contributed by atoms with van der Waals surface area (Å²) in [7, 11) is 0. The molecule has 0 rings (SSSR count). The molecule has 0 saturated heterocycles. The molecule has 3 nitrogen and oxygen atoms in total. The van der Waals surface area contributed by atoms with Crippen LogP contribution in [0.4, 0.5) is 9.18 Å². The molecule has 0 fully saturated rings. The van der Waals surface area contributed by atoms with Gasteiger partial charge in [0.05, 0.1) is 13.3 Å². The second-order valence-electron chi connectivity index (χ2n) is 1.61. The fourth-order valence-electron chi connectivity index (χ4n) is 0.336. The highest BCUT2D eigenvalue weighted by Crippen LogP contribution is 1.87. The van der Waals surface area contributed by atoms with Gasteiger partial charge in [-0.05, 0) is 5.92 Å². The molecule has 0 saturated carbocycles. The SMILES string of the molecule is C#CC#COC(=O)OCCCF. The molecule has 0 aromatic carbocycles. The molecule has 0 aliphatic heterocycles. The van der Waals surface area contributed by atoms with Gasteiger partial charge in [-0.3, -0.25) is 4.39 Å². The second-order valence-corrected chi connectivity index (χ2v) is 1.61. The smallest absolute Gasteiger partial charge is 0.433 e. The highest BCUT2D eigenvalue weighted by atomic mass is 19.1. The van der Waals surface area contributed by atoms with Crippen molar-refractivity contribution >= 4 is 6.16 Å². The van der Waals surface area contributed by atoms with Crippen LogP contribution in [0.1, 0.15) is 6.42 Å². The first-order valence-electron chi connectivity index (χ1n) is 3.16. The molecule has 0 amide bonds. The van der Waals surface area contributed by atoms with Gasteiger partial charge in [0, 0.05) is 12.3 Å². The van der Waals surface area contributed by atoms with Crippen LogP contribution in [0.25, 0.3) is 0 Å². The van der Waals surface area contributed by atoms with Crippen molar-refractivity contribution in [3.63, 3.8) is 0 Å². The van der Waals surface area contributed by atoms with E-state index in [-0.39, 0.29) is 13.0 Å². The van der Waals surface area contributed by atoms with E-state index in [9.17, 15) is 9.18 Å². The van der Waals surface area contributed by atoms with Gasteiger partial charge in [0.15, 0.2) is 0 Å². The van der Waals surface area contributed by atoms with E-state index < -0.39 is 12.8 Å². The molecule has 0 radical (unpaired) electrons. The van der Waals surface area contributed by atoms with E-state index >= 15 is 0 Å². The van der Waals surface area contributed by atoms with Gasteiger partial charge < -0.3 is 9.47 Å². The lowest BCUT2D eigenvalue weighted by Gasteiger charge is -1.97. The molecule has 12 heavy (non-hydrogen) atoms. The molecular formula is C8H7FO3. The van der Waals surface area contributed by atoms with E-state index in [1.54, 1.807) is 0 Å². The van der Waals surface area contributed by atoms with Gasteiger partial charge in [-0.2, -0.15) is 0 Å². The number of hydrogen-bond donors (Lipinski definition) is 0. The molecule has 0 aromatic heterocycles. The van der Waals surface area contributed by atoms with Gasteiger partial charge >= 0.3 is 6.16 Å². The second kappa shape index (κ2) is 7.43. The molecule has 0 aromatic rings. The van der Waals surface area contributed by atoms with Crippen molar-refractivity contribution in [2.24, 2.45) is 0 Å². The van der Waals surface area contributed by atoms with E-state index in [2.05, 4.69) is 15.4 Å². The van der Waals surface area contributed by atoms with Gasteiger partial charge in [-0.1, -0.05) is 0 Å². The Kier molecular flexibility index (Phi) is 6.39. The zero-order valence-corrected chi connectivity index (χ0v) is 6.30. The van der Waals surface area contributed by atoms with Crippen LogP contribution in [-0.2, 0) is 9.47 Å². The monoisotopic (exact) mass is 170 g/mol. The number of ether oxygens (including phenoxy) is 2. The predicted octanol–water partition coefficient (Wildman–Crippen LogP) is 1.09. The molecule has 0 aliphatic rings. The van der Waals surface area contributed by atoms with Gasteiger partial charge in [0.25, 0.3) is 0 Å². The molecule has 0 N–H and O–H groups in total. The third-order valence-corrected chi connectivity index (χ3v) is 0.755. The summed E-state index contributed by atoms with van der Waals surface area (Å²) in [5, 5.41) is 0. The summed E-state index contributed by atoms with van der Waals surface area (Å²) in [6.07, 6.45) is 5.82. The summed E-state index contributed by atoms with van der Waals surface area (Å²) in [5.74, 6) is 3.99. The normalized spacial score (nSPS) is 7.33. The number of terminal acetylenes is 1. The van der Waals surface area contributed by atoms with Crippen molar-refractivity contribution in [3.05, 3.63) is 0 Å². The van der Waals surface area contributed by atoms with Crippen LogP contribution in [0, 0.1) is 24.4 Å². The molecule has 64 valence electrons. The van der Waals surface area contributed by atoms with Gasteiger partial charge in [-0.25, -0.2) is 4.79 Å². The predicted molar refractivity (Wildman–Crippen MR) is 39.6 cm³/mol. The first-order valence-corrected chi connectivity index (χ1v) is 3.16. The largest absolute Gasteiger partial charge is 0.522 e. The molecule has 0 aliphatic carbocycles. The number of carbonyl (C=O) groups excluding carboxylic acids is 1. The Morgan fingerprint density at radius 1 is 1.58 bits per heavy atom. The number of rotatable bonds is 3. The third-order valence-electron chi connectivity index (χ3n) is 0.755. The van der Waals surface area contributed by atoms with Crippen molar-refractivity contribution < 1.29 is 18.7 Å². The highest BCUT2D eigenvalue weighted by Gasteiger charge is 1.99. The van der Waals surface area contributed by atoms with Crippen LogP contribution in [-0.4, -0.2) is 19.4 Å². The molecule has 0 atom stereocenters. The lowest BCUT2D eigenvalue weighted by atomic mass is 10.5. The summed E-state index contributed by atoms with van der Waals surface area (Å²) in [6, 6.07) is 0. The van der Waals surface area contributed by atoms with Crippen LogP contribution >= 0.6 is 0 Å². The first-order chi connectivity index (χ1) is 5.81. The van der Waals surface area contributed by atoms with Crippen LogP contribution in [0.15, 0.2) is 0 Å². The summed E-state index contributed by atoms with van der Waals surface area (Å²) in [5.41, 5.74) is 0. The Bertz CT molecular complexity index is 231. The van der Waals surface area contributed by atoms with E-state index in [0.717, 1.165) is 0 Å². The quantitative estimate of drug-likeness (QED) is 0.361. The Labute approximate surface area is 69.8 Å². The topological polar surface area (TPSA) is 35.5 Å². The Morgan fingerprint density at radius 3 is 2.92 bits per heavy atom. The van der Waals surface area contributed by atoms with Crippen LogP contribution < -0.4 is 0 Å². The summed E-state index contributed by atoms with van der Waals surface area (Å²) in [4.78, 5) is 10.5. The highest BCUT2D eigenvalue weighted by molar-refractivity contribution is 5.61. The van der Waals surface area contributed by atoms with E-state index in [1.807, 2.05) is 12.0 Å². The van der Waals surface area contributed by atoms with E-state index in [1.165, 1.54) is 0 Å². The lowest BCUT2D eigenvalue weighted by molar-refractivity contribution is 0.0876. The zero-order valence-electron chi connectivity index (χ0n) is 6.30. The lowest BCUT2D eigenvalue weighted by Crippen LogP contribution is -2.05. The van der Waals surface area contributed by atoms with Crippen LogP contribution in [0.5, 0.6) is 0 Å². The Balaban J connectivity index is 3.42. The average molecular weight is 170 g/mol. The Hall–Kier alpha value is -1.68. The number of carbonyl (C=O) groups is 1. The van der Waals surface area contributed by atoms with Crippen molar-refractivity contribution in [1.82, 2.24) is 0 Å². The van der Waals surface area contributed by atoms with Crippen LogP contribution in [0.2, 0.25) is 0 Å². The first kappa shape index (κ1) is 10.3. The number of hydrogen-bond acceptors (Lipinski definition) is 3. The number of halogens is 1. The summed E-state index contributed by atoms with van der Waals surface area (Å²) < 4.78 is 20.0. The van der Waals surface area contributed by atoms with E-state index in [4.69, 9.17) is 6.42 Å². The maximum Gasteiger partial charge on any atom is 0.522 e. The minimum Gasteiger partial charge on any atom is -0.433 e. The average Bonchev–Trinajstić information content (AvgIpc) is 2.06. The molecule has 0 unspecified atom stereocenters. The molecule has 0 bridgehead atoms. The van der Waals surface area contributed by atoms with Crippen molar-refractivity contribution in [1.29, 1.82) is 0 Å². The molecular weight excluding hydrogens is 163 g/mol. The zero-order chi connectivity index (χ0) is 9.23. The van der Waals surface area contributed by atoms with Gasteiger partial charge in [0.2, 0.25) is 0 Å². The molecule has 0 spiro atoms. The van der Waals surface area contributed by atoms with E-state index in [0.29, 0.717) is 0 Å². The van der Waals surface area contributed by atoms with Gasteiger partial charge in [-0.15, -0.1) is 6.42 Å². The maximum atomic E-state index is 11.5. The van der Waals surface area contributed by atoms with Crippen molar-refractivity contribution in [3.8, 4) is 24.4 Å². The summed E-state index contributed by atoms with van der Waals surface area (Å²) >= 11 is 0. The number of alkyl halides is 1. The standard InChI is InChI=1S/C8H7FO3/c1-2-3-6-11-8(10)12-7-4-5-9/h1H,4-5,7H2. The minimum atomic E-state index is -0.966. The molecule has 4 heteroatoms. The van der Waals surface area contributed by atoms with Crippen molar-refractivity contribution in [2.75, 3.05) is 13.3 Å². The Morgan fingerprint density at radius 2 is 2.33 bits per heavy atom. The molecule has 0 heterocycles. The van der Waals surface area contributed by atoms with Crippen LogP contribution in [0.3, 0.4) is 0 Å². The third kappa shape index (κ3) is 6.44.